The highest BCUT2D eigenvalue weighted by atomic mass is 14.9. The molecule has 2 aromatic rings. The molecular weight excluding hydrogens is 236 g/mol. The third-order valence-corrected chi connectivity index (χ3v) is 3.12. The average molecular weight is 256 g/mol. The van der Waals surface area contributed by atoms with E-state index in [1.165, 1.54) is 0 Å². The fourth-order valence-electron chi connectivity index (χ4n) is 2.01. The van der Waals surface area contributed by atoms with Crippen molar-refractivity contribution in [2.24, 2.45) is 0 Å². The van der Waals surface area contributed by atoms with Crippen LogP contribution in [0.5, 0.6) is 0 Å². The van der Waals surface area contributed by atoms with Gasteiger partial charge in [0.25, 0.3) is 0 Å². The van der Waals surface area contributed by atoms with E-state index in [9.17, 15) is 0 Å². The molecule has 0 saturated heterocycles. The van der Waals surface area contributed by atoms with E-state index in [4.69, 9.17) is 0 Å². The fraction of sp³-hybridized carbons (Fsp3) is 0.400. The van der Waals surface area contributed by atoms with Gasteiger partial charge in [-0.3, -0.25) is 4.98 Å². The molecule has 2 heterocycles. The third kappa shape index (κ3) is 3.35. The minimum absolute atomic E-state index is 0.284. The molecule has 2 aromatic heterocycles. The molecule has 0 bridgehead atoms. The molecule has 0 aromatic carbocycles. The van der Waals surface area contributed by atoms with Gasteiger partial charge >= 0.3 is 0 Å². The Kier molecular flexibility index (Phi) is 4.58. The van der Waals surface area contributed by atoms with E-state index in [0.717, 1.165) is 35.6 Å². The highest BCUT2D eigenvalue weighted by Gasteiger charge is 2.10. The minimum Gasteiger partial charge on any atom is -0.310 e. The smallest absolute Gasteiger partial charge is 0.159 e. The highest BCUT2D eigenvalue weighted by Crippen LogP contribution is 2.19. The van der Waals surface area contributed by atoms with Crippen molar-refractivity contribution in [2.75, 3.05) is 6.54 Å². The zero-order valence-electron chi connectivity index (χ0n) is 11.7. The summed E-state index contributed by atoms with van der Waals surface area (Å²) in [7, 11) is 0. The first-order valence-corrected chi connectivity index (χ1v) is 6.69. The number of aryl methyl sites for hydroxylation is 1. The average Bonchev–Trinajstić information content (AvgIpc) is 2.45. The molecule has 4 nitrogen and oxygen atoms in total. The summed E-state index contributed by atoms with van der Waals surface area (Å²) >= 11 is 0. The minimum atomic E-state index is 0.284. The Hall–Kier alpha value is -1.81. The molecule has 0 saturated carbocycles. The predicted octanol–water partition coefficient (Wildman–Crippen LogP) is 2.91. The van der Waals surface area contributed by atoms with Crippen LogP contribution in [0.3, 0.4) is 0 Å². The summed E-state index contributed by atoms with van der Waals surface area (Å²) in [6, 6.07) is 4.13. The molecule has 4 heteroatoms. The Balaban J connectivity index is 2.22. The van der Waals surface area contributed by atoms with E-state index in [2.05, 4.69) is 34.1 Å². The fourth-order valence-corrected chi connectivity index (χ4v) is 2.01. The van der Waals surface area contributed by atoms with E-state index in [1.54, 1.807) is 12.4 Å². The van der Waals surface area contributed by atoms with Gasteiger partial charge in [-0.1, -0.05) is 6.92 Å². The Morgan fingerprint density at radius 3 is 2.63 bits per heavy atom. The summed E-state index contributed by atoms with van der Waals surface area (Å²) in [5, 5.41) is 3.46. The van der Waals surface area contributed by atoms with Crippen LogP contribution in [-0.2, 0) is 0 Å². The van der Waals surface area contributed by atoms with E-state index in [1.807, 2.05) is 25.3 Å². The maximum absolute atomic E-state index is 4.59. The van der Waals surface area contributed by atoms with Crippen LogP contribution < -0.4 is 5.32 Å². The molecule has 0 radical (unpaired) electrons. The van der Waals surface area contributed by atoms with Gasteiger partial charge in [0.2, 0.25) is 0 Å². The lowest BCUT2D eigenvalue weighted by atomic mass is 10.1. The third-order valence-electron chi connectivity index (χ3n) is 3.12. The molecule has 1 N–H and O–H groups in total. The van der Waals surface area contributed by atoms with E-state index in [0.29, 0.717) is 0 Å². The second-order valence-electron chi connectivity index (χ2n) is 4.65. The van der Waals surface area contributed by atoms with Crippen LogP contribution in [-0.4, -0.2) is 21.5 Å². The summed E-state index contributed by atoms with van der Waals surface area (Å²) in [5.41, 5.74) is 3.18. The lowest BCUT2D eigenvalue weighted by molar-refractivity contribution is 0.564. The number of hydrogen-bond acceptors (Lipinski definition) is 4. The van der Waals surface area contributed by atoms with Gasteiger partial charge in [0.1, 0.15) is 0 Å². The van der Waals surface area contributed by atoms with Crippen LogP contribution in [0.15, 0.2) is 30.7 Å². The highest BCUT2D eigenvalue weighted by molar-refractivity contribution is 5.53. The largest absolute Gasteiger partial charge is 0.310 e. The molecule has 1 atom stereocenters. The normalized spacial score (nSPS) is 12.4. The van der Waals surface area contributed by atoms with Crippen LogP contribution in [0.1, 0.15) is 37.6 Å². The van der Waals surface area contributed by atoms with Crippen molar-refractivity contribution in [2.45, 2.75) is 33.2 Å². The van der Waals surface area contributed by atoms with Crippen molar-refractivity contribution in [3.63, 3.8) is 0 Å². The second-order valence-corrected chi connectivity index (χ2v) is 4.65. The Bertz CT molecular complexity index is 525. The topological polar surface area (TPSA) is 50.7 Å². The SMILES string of the molecule is CCCNC(C)c1cnc(-c2ccncc2)nc1C. The van der Waals surface area contributed by atoms with Crippen molar-refractivity contribution in [1.29, 1.82) is 0 Å². The summed E-state index contributed by atoms with van der Waals surface area (Å²) in [4.78, 5) is 13.1. The maximum atomic E-state index is 4.59. The number of rotatable bonds is 5. The maximum Gasteiger partial charge on any atom is 0.159 e. The monoisotopic (exact) mass is 256 g/mol. The zero-order valence-corrected chi connectivity index (χ0v) is 11.7. The zero-order chi connectivity index (χ0) is 13.7. The van der Waals surface area contributed by atoms with E-state index in [-0.39, 0.29) is 6.04 Å². The molecule has 0 aliphatic rings. The molecule has 2 rings (SSSR count). The summed E-state index contributed by atoms with van der Waals surface area (Å²) in [5.74, 6) is 0.756. The van der Waals surface area contributed by atoms with Gasteiger partial charge in [-0.05, 0) is 38.9 Å². The molecule has 1 unspecified atom stereocenters. The number of aromatic nitrogens is 3. The van der Waals surface area contributed by atoms with Crippen molar-refractivity contribution < 1.29 is 0 Å². The van der Waals surface area contributed by atoms with E-state index >= 15 is 0 Å². The van der Waals surface area contributed by atoms with Crippen molar-refractivity contribution in [3.8, 4) is 11.4 Å². The molecule has 0 aliphatic heterocycles. The van der Waals surface area contributed by atoms with Gasteiger partial charge in [-0.15, -0.1) is 0 Å². The molecule has 0 spiro atoms. The quantitative estimate of drug-likeness (QED) is 0.893. The van der Waals surface area contributed by atoms with Gasteiger partial charge in [-0.25, -0.2) is 9.97 Å². The van der Waals surface area contributed by atoms with Gasteiger partial charge in [-0.2, -0.15) is 0 Å². The standard InChI is InChI=1S/C15H20N4/c1-4-7-17-11(2)14-10-18-15(19-12(14)3)13-5-8-16-9-6-13/h5-6,8-11,17H,4,7H2,1-3H3. The lowest BCUT2D eigenvalue weighted by Crippen LogP contribution is -2.20. The number of pyridine rings is 1. The summed E-state index contributed by atoms with van der Waals surface area (Å²) in [6.45, 7) is 7.35. The molecule has 100 valence electrons. The first-order chi connectivity index (χ1) is 9.22. The van der Waals surface area contributed by atoms with Crippen molar-refractivity contribution >= 4 is 0 Å². The first-order valence-electron chi connectivity index (χ1n) is 6.69. The Morgan fingerprint density at radius 2 is 2.00 bits per heavy atom. The van der Waals surface area contributed by atoms with Crippen LogP contribution in [0.4, 0.5) is 0 Å². The molecule has 0 aliphatic carbocycles. The van der Waals surface area contributed by atoms with Crippen LogP contribution in [0.25, 0.3) is 11.4 Å². The van der Waals surface area contributed by atoms with Gasteiger partial charge in [0.05, 0.1) is 0 Å². The predicted molar refractivity (Wildman–Crippen MR) is 76.7 cm³/mol. The van der Waals surface area contributed by atoms with Crippen molar-refractivity contribution in [1.82, 2.24) is 20.3 Å². The van der Waals surface area contributed by atoms with Gasteiger partial charge in [0.15, 0.2) is 5.82 Å². The molecular formula is C15H20N4. The van der Waals surface area contributed by atoms with Gasteiger partial charge in [0, 0.05) is 41.5 Å². The number of nitrogens with one attached hydrogen (secondary N) is 1. The van der Waals surface area contributed by atoms with Gasteiger partial charge < -0.3 is 5.32 Å². The van der Waals surface area contributed by atoms with E-state index < -0.39 is 0 Å². The molecule has 19 heavy (non-hydrogen) atoms. The molecule has 0 fully saturated rings. The van der Waals surface area contributed by atoms with Crippen molar-refractivity contribution in [3.05, 3.63) is 42.0 Å². The number of nitrogens with zero attached hydrogens (tertiary/aromatic N) is 3. The van der Waals surface area contributed by atoms with Crippen LogP contribution in [0.2, 0.25) is 0 Å². The lowest BCUT2D eigenvalue weighted by Gasteiger charge is -2.15. The Morgan fingerprint density at radius 1 is 1.26 bits per heavy atom. The second kappa shape index (κ2) is 6.38. The summed E-state index contributed by atoms with van der Waals surface area (Å²) in [6.07, 6.45) is 6.56. The van der Waals surface area contributed by atoms with Crippen LogP contribution >= 0.6 is 0 Å². The number of hydrogen-bond donors (Lipinski definition) is 1. The first kappa shape index (κ1) is 13.6. The summed E-state index contributed by atoms with van der Waals surface area (Å²) < 4.78 is 0. The van der Waals surface area contributed by atoms with Crippen LogP contribution in [0, 0.1) is 6.92 Å². The Labute approximate surface area is 114 Å². The molecule has 0 amide bonds.